The molecule has 3 rings (SSSR count). The van der Waals surface area contributed by atoms with E-state index in [-0.39, 0.29) is 11.9 Å². The normalized spacial score (nSPS) is 12.0. The number of hydrogen-bond donors (Lipinski definition) is 0. The monoisotopic (exact) mass is 323 g/mol. The predicted octanol–water partition coefficient (Wildman–Crippen LogP) is 4.63. The summed E-state index contributed by atoms with van der Waals surface area (Å²) < 4.78 is 24.3. The first kappa shape index (κ1) is 16.1. The van der Waals surface area contributed by atoms with Crippen LogP contribution in [0.2, 0.25) is 0 Å². The predicted molar refractivity (Wildman–Crippen MR) is 91.5 cm³/mol. The zero-order chi connectivity index (χ0) is 16.9. The van der Waals surface area contributed by atoms with Gasteiger partial charge >= 0.3 is 0 Å². The first-order valence-corrected chi connectivity index (χ1v) is 7.59. The molecule has 0 aliphatic carbocycles. The van der Waals surface area contributed by atoms with Gasteiger partial charge in [0.1, 0.15) is 17.7 Å². The van der Waals surface area contributed by atoms with Gasteiger partial charge in [0.05, 0.1) is 7.11 Å². The Morgan fingerprint density at radius 1 is 0.875 bits per heavy atom. The van der Waals surface area contributed by atoms with E-state index in [1.54, 1.807) is 25.6 Å². The molecule has 0 fully saturated rings. The molecule has 0 unspecified atom stereocenters. The van der Waals surface area contributed by atoms with Gasteiger partial charge in [-0.1, -0.05) is 24.3 Å². The van der Waals surface area contributed by atoms with Crippen LogP contribution in [0, 0.1) is 5.82 Å². The highest BCUT2D eigenvalue weighted by atomic mass is 19.1. The van der Waals surface area contributed by atoms with Gasteiger partial charge in [-0.05, 0) is 41.0 Å². The second kappa shape index (κ2) is 7.23. The molecule has 1 atom stereocenters. The fourth-order valence-corrected chi connectivity index (χ4v) is 2.74. The lowest BCUT2D eigenvalue weighted by molar-refractivity contribution is 0.136. The highest BCUT2D eigenvalue weighted by Gasteiger charge is 2.14. The van der Waals surface area contributed by atoms with Crippen LogP contribution >= 0.6 is 0 Å². The quantitative estimate of drug-likeness (QED) is 0.686. The van der Waals surface area contributed by atoms with Crippen LogP contribution in [0.3, 0.4) is 0 Å². The first-order chi connectivity index (χ1) is 11.7. The fraction of sp³-hybridized carbons (Fsp3) is 0.150. The Labute approximate surface area is 140 Å². The molecular formula is C20H18FNO2. The third-order valence-electron chi connectivity index (χ3n) is 3.93. The molecule has 0 bridgehead atoms. The topological polar surface area (TPSA) is 31.4 Å². The largest absolute Gasteiger partial charge is 0.496 e. The Hall–Kier alpha value is -2.72. The van der Waals surface area contributed by atoms with Gasteiger partial charge in [-0.25, -0.2) is 4.39 Å². The van der Waals surface area contributed by atoms with Crippen molar-refractivity contribution < 1.29 is 13.9 Å². The average Bonchev–Trinajstić information content (AvgIpc) is 2.64. The van der Waals surface area contributed by atoms with Crippen molar-refractivity contribution in [3.05, 3.63) is 83.9 Å². The highest BCUT2D eigenvalue weighted by Crippen LogP contribution is 2.32. The molecule has 1 heterocycles. The number of rotatable bonds is 5. The van der Waals surface area contributed by atoms with Crippen LogP contribution in [-0.2, 0) is 4.74 Å². The molecule has 0 amide bonds. The van der Waals surface area contributed by atoms with Gasteiger partial charge in [-0.2, -0.15) is 0 Å². The number of halogens is 1. The summed E-state index contributed by atoms with van der Waals surface area (Å²) in [6.45, 7) is 0. The van der Waals surface area contributed by atoms with E-state index in [1.165, 1.54) is 19.2 Å². The van der Waals surface area contributed by atoms with E-state index in [2.05, 4.69) is 4.98 Å². The minimum absolute atomic E-state index is 0.155. The second-order valence-corrected chi connectivity index (χ2v) is 5.36. The molecule has 0 spiro atoms. The summed E-state index contributed by atoms with van der Waals surface area (Å²) in [5, 5.41) is 0. The van der Waals surface area contributed by atoms with Gasteiger partial charge in [-0.3, -0.25) is 4.98 Å². The van der Waals surface area contributed by atoms with Gasteiger partial charge in [-0.15, -0.1) is 0 Å². The number of methoxy groups -OCH3 is 2. The Bertz CT molecular complexity index is 804. The lowest BCUT2D eigenvalue weighted by Gasteiger charge is -2.17. The van der Waals surface area contributed by atoms with Crippen molar-refractivity contribution in [2.24, 2.45) is 0 Å². The van der Waals surface area contributed by atoms with Crippen LogP contribution in [0.4, 0.5) is 4.39 Å². The molecule has 0 aliphatic rings. The smallest absolute Gasteiger partial charge is 0.129 e. The third kappa shape index (κ3) is 3.29. The molecule has 122 valence electrons. The number of nitrogens with zero attached hydrogens (tertiary/aromatic N) is 1. The van der Waals surface area contributed by atoms with Crippen LogP contribution < -0.4 is 4.74 Å². The molecular weight excluding hydrogens is 305 g/mol. The maximum atomic E-state index is 13.4. The third-order valence-corrected chi connectivity index (χ3v) is 3.93. The van der Waals surface area contributed by atoms with Gasteiger partial charge < -0.3 is 9.47 Å². The summed E-state index contributed by atoms with van der Waals surface area (Å²) in [4.78, 5) is 4.04. The van der Waals surface area contributed by atoms with E-state index in [0.717, 1.165) is 22.3 Å². The van der Waals surface area contributed by atoms with Gasteiger partial charge in [0, 0.05) is 31.1 Å². The lowest BCUT2D eigenvalue weighted by Crippen LogP contribution is -2.03. The molecule has 4 heteroatoms. The van der Waals surface area contributed by atoms with Crippen LogP contribution in [0.25, 0.3) is 11.1 Å². The standard InChI is InChI=1S/C20H18FNO2/c1-23-19-13-17(21)7-8-18(19)14-3-5-15(6-4-14)20(24-2)16-9-11-22-12-10-16/h3-13,20H,1-2H3/t20-/m1/s1. The van der Waals surface area contributed by atoms with Crippen molar-refractivity contribution in [2.45, 2.75) is 6.10 Å². The van der Waals surface area contributed by atoms with Crippen molar-refractivity contribution in [2.75, 3.05) is 14.2 Å². The first-order valence-electron chi connectivity index (χ1n) is 7.59. The Morgan fingerprint density at radius 2 is 1.54 bits per heavy atom. The van der Waals surface area contributed by atoms with E-state index >= 15 is 0 Å². The Morgan fingerprint density at radius 3 is 2.17 bits per heavy atom. The van der Waals surface area contributed by atoms with Gasteiger partial charge in [0.25, 0.3) is 0 Å². The summed E-state index contributed by atoms with van der Waals surface area (Å²) >= 11 is 0. The molecule has 0 saturated heterocycles. The number of benzene rings is 2. The molecule has 3 aromatic rings. The highest BCUT2D eigenvalue weighted by molar-refractivity contribution is 5.70. The van der Waals surface area contributed by atoms with Crippen molar-refractivity contribution in [3.8, 4) is 16.9 Å². The number of pyridine rings is 1. The van der Waals surface area contributed by atoms with E-state index in [0.29, 0.717) is 5.75 Å². The maximum absolute atomic E-state index is 13.4. The molecule has 0 radical (unpaired) electrons. The summed E-state index contributed by atoms with van der Waals surface area (Å²) in [7, 11) is 3.22. The number of hydrogen-bond acceptors (Lipinski definition) is 3. The summed E-state index contributed by atoms with van der Waals surface area (Å²) in [5.74, 6) is 0.199. The van der Waals surface area contributed by atoms with E-state index in [9.17, 15) is 4.39 Å². The van der Waals surface area contributed by atoms with Crippen molar-refractivity contribution >= 4 is 0 Å². The minimum Gasteiger partial charge on any atom is -0.496 e. The summed E-state index contributed by atoms with van der Waals surface area (Å²) in [6.07, 6.45) is 3.34. The van der Waals surface area contributed by atoms with E-state index in [1.807, 2.05) is 36.4 Å². The molecule has 1 aromatic heterocycles. The maximum Gasteiger partial charge on any atom is 0.129 e. The zero-order valence-electron chi connectivity index (χ0n) is 13.6. The fourth-order valence-electron chi connectivity index (χ4n) is 2.74. The zero-order valence-corrected chi connectivity index (χ0v) is 13.6. The van der Waals surface area contributed by atoms with E-state index < -0.39 is 0 Å². The summed E-state index contributed by atoms with van der Waals surface area (Å²) in [6, 6.07) is 16.4. The molecule has 0 saturated carbocycles. The number of ether oxygens (including phenoxy) is 2. The molecule has 2 aromatic carbocycles. The van der Waals surface area contributed by atoms with Crippen LogP contribution in [0.1, 0.15) is 17.2 Å². The molecule has 3 nitrogen and oxygen atoms in total. The van der Waals surface area contributed by atoms with E-state index in [4.69, 9.17) is 9.47 Å². The molecule has 0 N–H and O–H groups in total. The second-order valence-electron chi connectivity index (χ2n) is 5.36. The van der Waals surface area contributed by atoms with Crippen molar-refractivity contribution in [1.82, 2.24) is 4.98 Å². The Balaban J connectivity index is 1.93. The summed E-state index contributed by atoms with van der Waals surface area (Å²) in [5.41, 5.74) is 3.89. The van der Waals surface area contributed by atoms with Gasteiger partial charge in [0.15, 0.2) is 0 Å². The van der Waals surface area contributed by atoms with Crippen LogP contribution in [-0.4, -0.2) is 19.2 Å². The SMILES string of the molecule is COc1cc(F)ccc1-c1ccc([C@@H](OC)c2ccncc2)cc1. The minimum atomic E-state index is -0.315. The van der Waals surface area contributed by atoms with Crippen molar-refractivity contribution in [1.29, 1.82) is 0 Å². The Kier molecular flexibility index (Phi) is 4.87. The molecule has 0 aliphatic heterocycles. The van der Waals surface area contributed by atoms with Crippen LogP contribution in [0.15, 0.2) is 67.0 Å². The lowest BCUT2D eigenvalue weighted by atomic mass is 9.98. The van der Waals surface area contributed by atoms with Gasteiger partial charge in [0.2, 0.25) is 0 Å². The molecule has 24 heavy (non-hydrogen) atoms. The number of aromatic nitrogens is 1. The average molecular weight is 323 g/mol. The van der Waals surface area contributed by atoms with Crippen LogP contribution in [0.5, 0.6) is 5.75 Å². The van der Waals surface area contributed by atoms with Crippen molar-refractivity contribution in [3.63, 3.8) is 0 Å².